The number of hydrogen-bond donors (Lipinski definition) is 2. The van der Waals surface area contributed by atoms with E-state index in [4.69, 9.17) is 10.2 Å². The van der Waals surface area contributed by atoms with Crippen molar-refractivity contribution in [1.82, 2.24) is 0 Å². The van der Waals surface area contributed by atoms with Crippen LogP contribution in [-0.4, -0.2) is 22.2 Å². The van der Waals surface area contributed by atoms with Gasteiger partial charge in [0.25, 0.3) is 0 Å². The highest BCUT2D eigenvalue weighted by molar-refractivity contribution is 5.91. The van der Waals surface area contributed by atoms with Gasteiger partial charge < -0.3 is 10.2 Å². The zero-order valence-corrected chi connectivity index (χ0v) is 14.0. The lowest BCUT2D eigenvalue weighted by Gasteiger charge is -2.08. The minimum Gasteiger partial charge on any atom is -0.478 e. The predicted octanol–water partition coefficient (Wildman–Crippen LogP) is 4.73. The first-order valence-electron chi connectivity index (χ1n) is 7.72. The van der Waals surface area contributed by atoms with Gasteiger partial charge in [0.2, 0.25) is 0 Å². The fourth-order valence-corrected chi connectivity index (χ4v) is 1.97. The lowest BCUT2D eigenvalue weighted by Crippen LogP contribution is -2.06. The van der Waals surface area contributed by atoms with E-state index >= 15 is 0 Å². The van der Waals surface area contributed by atoms with Crippen LogP contribution in [0.1, 0.15) is 59.5 Å². The fourth-order valence-electron chi connectivity index (χ4n) is 1.97. The smallest absolute Gasteiger partial charge is 0.335 e. The van der Waals surface area contributed by atoms with Crippen molar-refractivity contribution in [1.29, 1.82) is 0 Å². The first-order chi connectivity index (χ1) is 11.1. The molecule has 0 radical (unpaired) electrons. The summed E-state index contributed by atoms with van der Waals surface area (Å²) in [5.74, 6) is -2.02. The summed E-state index contributed by atoms with van der Waals surface area (Å²) in [6, 6.07) is 13.2. The number of rotatable bonds is 4. The number of carbonyl (C=O) groups is 2. The summed E-state index contributed by atoms with van der Waals surface area (Å²) in [6.45, 7) is 8.00. The average molecular weight is 316 g/mol. The van der Waals surface area contributed by atoms with Crippen LogP contribution < -0.4 is 0 Å². The number of hydrogen-bond acceptors (Lipinski definition) is 2. The SMILES string of the molecule is CC.CC.O=C(O)c1ccccc1Cc1ccccc1C(=O)O. The highest BCUT2D eigenvalue weighted by Crippen LogP contribution is 2.17. The first-order valence-corrected chi connectivity index (χ1v) is 7.72. The number of carboxylic acids is 2. The summed E-state index contributed by atoms with van der Waals surface area (Å²) in [7, 11) is 0. The van der Waals surface area contributed by atoms with Crippen molar-refractivity contribution >= 4 is 11.9 Å². The minimum absolute atomic E-state index is 0.197. The Hall–Kier alpha value is -2.62. The van der Waals surface area contributed by atoms with Gasteiger partial charge in [-0.1, -0.05) is 64.1 Å². The Kier molecular flexibility index (Phi) is 9.76. The van der Waals surface area contributed by atoms with E-state index < -0.39 is 11.9 Å². The summed E-state index contributed by atoms with van der Waals surface area (Å²) in [5.41, 5.74) is 1.60. The summed E-state index contributed by atoms with van der Waals surface area (Å²) < 4.78 is 0. The van der Waals surface area contributed by atoms with E-state index in [2.05, 4.69) is 0 Å². The molecule has 2 aromatic carbocycles. The molecular weight excluding hydrogens is 292 g/mol. The van der Waals surface area contributed by atoms with E-state index in [1.54, 1.807) is 36.4 Å². The van der Waals surface area contributed by atoms with Crippen molar-refractivity contribution in [2.75, 3.05) is 0 Å². The molecule has 0 aliphatic rings. The molecule has 0 saturated heterocycles. The summed E-state index contributed by atoms with van der Waals surface area (Å²) >= 11 is 0. The van der Waals surface area contributed by atoms with E-state index in [-0.39, 0.29) is 17.5 Å². The van der Waals surface area contributed by atoms with Gasteiger partial charge in [0.15, 0.2) is 0 Å². The molecule has 2 rings (SSSR count). The highest BCUT2D eigenvalue weighted by Gasteiger charge is 2.13. The molecule has 23 heavy (non-hydrogen) atoms. The van der Waals surface area contributed by atoms with Gasteiger partial charge in [-0.05, 0) is 29.7 Å². The van der Waals surface area contributed by atoms with Crippen LogP contribution in [0.5, 0.6) is 0 Å². The molecule has 124 valence electrons. The van der Waals surface area contributed by atoms with Crippen LogP contribution in [-0.2, 0) is 6.42 Å². The third kappa shape index (κ3) is 5.94. The van der Waals surface area contributed by atoms with E-state index in [1.165, 1.54) is 12.1 Å². The van der Waals surface area contributed by atoms with Crippen LogP contribution in [0, 0.1) is 0 Å². The molecule has 0 unspecified atom stereocenters. The molecule has 0 amide bonds. The zero-order valence-electron chi connectivity index (χ0n) is 14.0. The van der Waals surface area contributed by atoms with E-state index in [0.717, 1.165) is 0 Å². The molecule has 0 heterocycles. The maximum Gasteiger partial charge on any atom is 0.335 e. The van der Waals surface area contributed by atoms with Crippen LogP contribution in [0.25, 0.3) is 0 Å². The van der Waals surface area contributed by atoms with Crippen molar-refractivity contribution < 1.29 is 19.8 Å². The highest BCUT2D eigenvalue weighted by atomic mass is 16.4. The monoisotopic (exact) mass is 316 g/mol. The molecule has 0 saturated carbocycles. The zero-order chi connectivity index (χ0) is 17.8. The second-order valence-electron chi connectivity index (χ2n) is 4.10. The minimum atomic E-state index is -1.01. The molecule has 2 aromatic rings. The normalized spacial score (nSPS) is 8.87. The summed E-state index contributed by atoms with van der Waals surface area (Å²) in [4.78, 5) is 22.2. The van der Waals surface area contributed by atoms with Gasteiger partial charge in [-0.25, -0.2) is 9.59 Å². The molecule has 0 aliphatic heterocycles. The van der Waals surface area contributed by atoms with Crippen LogP contribution in [0.4, 0.5) is 0 Å². The molecular formula is C19H24O4. The maximum absolute atomic E-state index is 11.1. The lowest BCUT2D eigenvalue weighted by molar-refractivity contribution is 0.0686. The molecule has 0 aliphatic carbocycles. The van der Waals surface area contributed by atoms with Gasteiger partial charge in [0, 0.05) is 0 Å². The molecule has 0 atom stereocenters. The Bertz CT molecular complexity index is 577. The van der Waals surface area contributed by atoms with Crippen molar-refractivity contribution in [2.45, 2.75) is 34.1 Å². The van der Waals surface area contributed by atoms with E-state index in [1.807, 2.05) is 27.7 Å². The molecule has 4 heteroatoms. The maximum atomic E-state index is 11.1. The summed E-state index contributed by atoms with van der Waals surface area (Å²) in [6.07, 6.45) is 0.283. The number of carboxylic acid groups (broad SMARTS) is 2. The van der Waals surface area contributed by atoms with Crippen molar-refractivity contribution in [3.63, 3.8) is 0 Å². The molecule has 0 bridgehead atoms. The third-order valence-corrected chi connectivity index (χ3v) is 2.88. The second kappa shape index (κ2) is 11.0. The average Bonchev–Trinajstić information content (AvgIpc) is 2.59. The van der Waals surface area contributed by atoms with Crippen LogP contribution >= 0.6 is 0 Å². The second-order valence-corrected chi connectivity index (χ2v) is 4.10. The molecule has 4 nitrogen and oxygen atoms in total. The predicted molar refractivity (Wildman–Crippen MR) is 92.3 cm³/mol. The van der Waals surface area contributed by atoms with E-state index in [0.29, 0.717) is 11.1 Å². The van der Waals surface area contributed by atoms with E-state index in [9.17, 15) is 9.59 Å². The Morgan fingerprint density at radius 1 is 0.696 bits per heavy atom. The van der Waals surface area contributed by atoms with Crippen LogP contribution in [0.3, 0.4) is 0 Å². The number of aromatic carboxylic acids is 2. The van der Waals surface area contributed by atoms with Gasteiger partial charge in [-0.2, -0.15) is 0 Å². The topological polar surface area (TPSA) is 74.6 Å². The van der Waals surface area contributed by atoms with Gasteiger partial charge in [-0.3, -0.25) is 0 Å². The Morgan fingerprint density at radius 3 is 1.30 bits per heavy atom. The van der Waals surface area contributed by atoms with Crippen molar-refractivity contribution in [2.24, 2.45) is 0 Å². The third-order valence-electron chi connectivity index (χ3n) is 2.88. The Balaban J connectivity index is 0.00000112. The van der Waals surface area contributed by atoms with Crippen molar-refractivity contribution in [3.05, 3.63) is 70.8 Å². The Labute approximate surface area is 137 Å². The van der Waals surface area contributed by atoms with Crippen LogP contribution in [0.15, 0.2) is 48.5 Å². The molecule has 2 N–H and O–H groups in total. The molecule has 0 fully saturated rings. The molecule has 0 aromatic heterocycles. The largest absolute Gasteiger partial charge is 0.478 e. The van der Waals surface area contributed by atoms with Gasteiger partial charge in [0.05, 0.1) is 11.1 Å². The fraction of sp³-hybridized carbons (Fsp3) is 0.263. The van der Waals surface area contributed by atoms with Gasteiger partial charge in [-0.15, -0.1) is 0 Å². The lowest BCUT2D eigenvalue weighted by atomic mass is 9.96. The first kappa shape index (κ1) is 20.4. The molecule has 0 spiro atoms. The standard InChI is InChI=1S/C15H12O4.2C2H6/c16-14(17)12-7-3-1-5-10(12)9-11-6-2-4-8-13(11)15(18)19;2*1-2/h1-8H,9H2,(H,16,17)(H,18,19);2*1-2H3. The Morgan fingerprint density at radius 2 is 1.00 bits per heavy atom. The van der Waals surface area contributed by atoms with Crippen molar-refractivity contribution in [3.8, 4) is 0 Å². The summed E-state index contributed by atoms with van der Waals surface area (Å²) in [5, 5.41) is 18.2. The van der Waals surface area contributed by atoms with Gasteiger partial charge >= 0.3 is 11.9 Å². The van der Waals surface area contributed by atoms with Gasteiger partial charge in [0.1, 0.15) is 0 Å². The van der Waals surface area contributed by atoms with Crippen LogP contribution in [0.2, 0.25) is 0 Å². The quantitative estimate of drug-likeness (QED) is 0.855. The number of benzene rings is 2.